The molecular formula is C26H21Cl2N3O7S. The first kappa shape index (κ1) is 27.0. The molecule has 2 aliphatic rings. The van der Waals surface area contributed by atoms with Gasteiger partial charge in [-0.3, -0.25) is 14.4 Å². The number of carboxylic acids is 1. The highest BCUT2D eigenvalue weighted by atomic mass is 35.5. The number of aliphatic carboxylic acids is 1. The summed E-state index contributed by atoms with van der Waals surface area (Å²) in [5, 5.41) is 15.2. The van der Waals surface area contributed by atoms with Gasteiger partial charge >= 0.3 is 11.6 Å². The van der Waals surface area contributed by atoms with Gasteiger partial charge in [0, 0.05) is 20.8 Å². The van der Waals surface area contributed by atoms with E-state index in [1.54, 1.807) is 38.1 Å². The van der Waals surface area contributed by atoms with Crippen LogP contribution in [0.2, 0.25) is 10.0 Å². The molecule has 0 bridgehead atoms. The molecule has 3 atom stereocenters. The highest BCUT2D eigenvalue weighted by molar-refractivity contribution is 8.01. The van der Waals surface area contributed by atoms with E-state index in [0.29, 0.717) is 16.0 Å². The number of carboxylic acid groups (broad SMARTS) is 1. The van der Waals surface area contributed by atoms with E-state index in [2.05, 4.69) is 10.6 Å². The molecule has 3 heterocycles. The number of nitrogens with zero attached hydrogens (tertiary/aromatic N) is 1. The number of para-hydroxylation sites is 1. The lowest BCUT2D eigenvalue weighted by Crippen LogP contribution is -2.70. The summed E-state index contributed by atoms with van der Waals surface area (Å²) in [7, 11) is 0. The summed E-state index contributed by atoms with van der Waals surface area (Å²) < 4.78 is 4.52. The SMILES string of the molecule is CC1(C)S[C@@H]2C(NC(=O)Cc3ccccc3NC(=O)c3cc4cc(Cl)cc(Cl)c4oc3=O)C(=O)N2[C@H]1C(=O)O. The molecule has 3 N–H and O–H groups in total. The Morgan fingerprint density at radius 2 is 1.85 bits per heavy atom. The number of β-lactam (4-membered cyclic amide) rings is 1. The van der Waals surface area contributed by atoms with Crippen LogP contribution in [0.25, 0.3) is 11.0 Å². The molecule has 2 aliphatic heterocycles. The molecule has 2 aromatic carbocycles. The normalized spacial score (nSPS) is 21.3. The molecule has 0 spiro atoms. The maximum absolute atomic E-state index is 13.0. The van der Waals surface area contributed by atoms with Gasteiger partial charge in [-0.25, -0.2) is 9.59 Å². The number of rotatable bonds is 6. The van der Waals surface area contributed by atoms with E-state index in [4.69, 9.17) is 27.6 Å². The Morgan fingerprint density at radius 3 is 2.56 bits per heavy atom. The van der Waals surface area contributed by atoms with Crippen molar-refractivity contribution in [2.45, 2.75) is 42.5 Å². The van der Waals surface area contributed by atoms with Crippen LogP contribution in [-0.4, -0.2) is 55.9 Å². The minimum absolute atomic E-state index is 0.0993. The van der Waals surface area contributed by atoms with Crippen molar-refractivity contribution in [2.75, 3.05) is 5.32 Å². The smallest absolute Gasteiger partial charge is 0.349 e. The molecule has 202 valence electrons. The lowest BCUT2D eigenvalue weighted by Gasteiger charge is -2.43. The Kier molecular flexibility index (Phi) is 6.86. The number of carbonyl (C=O) groups is 4. The molecule has 0 radical (unpaired) electrons. The Labute approximate surface area is 235 Å². The van der Waals surface area contributed by atoms with Crippen molar-refractivity contribution in [2.24, 2.45) is 0 Å². The third-order valence-corrected chi connectivity index (χ3v) is 8.67. The van der Waals surface area contributed by atoms with Crippen molar-refractivity contribution < 1.29 is 28.7 Å². The first-order valence-corrected chi connectivity index (χ1v) is 13.4. The highest BCUT2D eigenvalue weighted by Gasteiger charge is 2.64. The van der Waals surface area contributed by atoms with E-state index in [9.17, 15) is 29.1 Å². The van der Waals surface area contributed by atoms with E-state index >= 15 is 0 Å². The summed E-state index contributed by atoms with van der Waals surface area (Å²) >= 11 is 13.4. The fraction of sp³-hybridized carbons (Fsp3) is 0.269. The van der Waals surface area contributed by atoms with Gasteiger partial charge in [-0.2, -0.15) is 0 Å². The van der Waals surface area contributed by atoms with Crippen LogP contribution in [0.1, 0.15) is 29.8 Å². The molecular weight excluding hydrogens is 569 g/mol. The van der Waals surface area contributed by atoms with Gasteiger partial charge in [0.2, 0.25) is 11.8 Å². The average molecular weight is 590 g/mol. The largest absolute Gasteiger partial charge is 0.480 e. The standard InChI is InChI=1S/C26H21Cl2N3O7S/c1-26(2)20(24(35)36)31-22(34)18(23(31)39-26)30-17(32)9-11-5-3-4-6-16(11)29-21(33)14-8-12-7-13(27)10-15(28)19(12)38-25(14)37/h3-8,10,18,20,23H,9H2,1-2H3,(H,29,33)(H,30,32)(H,35,36)/t18?,20-,23+/m0/s1. The van der Waals surface area contributed by atoms with E-state index in [1.807, 2.05) is 0 Å². The lowest BCUT2D eigenvalue weighted by atomic mass is 9.96. The minimum atomic E-state index is -1.09. The third kappa shape index (κ3) is 4.86. The Balaban J connectivity index is 1.30. The molecule has 2 fully saturated rings. The minimum Gasteiger partial charge on any atom is -0.480 e. The topological polar surface area (TPSA) is 146 Å². The zero-order valence-corrected chi connectivity index (χ0v) is 22.8. The molecule has 13 heteroatoms. The number of hydrogen-bond acceptors (Lipinski definition) is 7. The van der Waals surface area contributed by atoms with Crippen LogP contribution in [0.4, 0.5) is 5.69 Å². The van der Waals surface area contributed by atoms with Crippen molar-refractivity contribution in [3.63, 3.8) is 0 Å². The van der Waals surface area contributed by atoms with Gasteiger partial charge in [-0.05, 0) is 43.7 Å². The molecule has 10 nitrogen and oxygen atoms in total. The van der Waals surface area contributed by atoms with E-state index in [0.717, 1.165) is 0 Å². The van der Waals surface area contributed by atoms with Gasteiger partial charge in [0.1, 0.15) is 23.0 Å². The Morgan fingerprint density at radius 1 is 1.13 bits per heavy atom. The molecule has 3 amide bonds. The first-order valence-electron chi connectivity index (χ1n) is 11.7. The second-order valence-electron chi connectivity index (χ2n) is 9.68. The number of carbonyl (C=O) groups excluding carboxylic acids is 3. The van der Waals surface area contributed by atoms with Crippen LogP contribution < -0.4 is 16.3 Å². The quantitative estimate of drug-likeness (QED) is 0.292. The van der Waals surface area contributed by atoms with Gasteiger partial charge in [-0.1, -0.05) is 41.4 Å². The third-order valence-electron chi connectivity index (χ3n) is 6.60. The van der Waals surface area contributed by atoms with Crippen LogP contribution >= 0.6 is 35.0 Å². The van der Waals surface area contributed by atoms with Crippen LogP contribution in [0.15, 0.2) is 51.7 Å². The summed E-state index contributed by atoms with van der Waals surface area (Å²) in [5.41, 5.74) is -0.364. The molecule has 2 saturated heterocycles. The number of nitrogens with one attached hydrogen (secondary N) is 2. The fourth-order valence-corrected chi connectivity index (χ4v) is 7.02. The van der Waals surface area contributed by atoms with Gasteiger partial charge in [-0.15, -0.1) is 11.8 Å². The van der Waals surface area contributed by atoms with Crippen molar-refractivity contribution in [1.82, 2.24) is 10.2 Å². The van der Waals surface area contributed by atoms with Crippen molar-refractivity contribution in [3.05, 3.63) is 74.1 Å². The number of amides is 3. The second-order valence-corrected chi connectivity index (χ2v) is 12.3. The monoisotopic (exact) mass is 589 g/mol. The number of fused-ring (bicyclic) bond motifs is 2. The number of anilines is 1. The Bertz CT molecular complexity index is 1620. The summed E-state index contributed by atoms with van der Waals surface area (Å²) in [6.45, 7) is 3.50. The van der Waals surface area contributed by atoms with Crippen LogP contribution in [-0.2, 0) is 20.8 Å². The summed E-state index contributed by atoms with van der Waals surface area (Å²) in [5.74, 6) is -2.79. The highest BCUT2D eigenvalue weighted by Crippen LogP contribution is 2.50. The fourth-order valence-electron chi connectivity index (χ4n) is 4.84. The number of thioether (sulfide) groups is 1. The van der Waals surface area contributed by atoms with Gasteiger partial charge in [0.25, 0.3) is 5.91 Å². The number of hydrogen-bond donors (Lipinski definition) is 3. The van der Waals surface area contributed by atoms with Gasteiger partial charge < -0.3 is 25.1 Å². The van der Waals surface area contributed by atoms with E-state index in [1.165, 1.54) is 34.9 Å². The molecule has 1 aromatic heterocycles. The van der Waals surface area contributed by atoms with Crippen LogP contribution in [0.3, 0.4) is 0 Å². The zero-order valence-electron chi connectivity index (χ0n) is 20.5. The van der Waals surface area contributed by atoms with Gasteiger partial charge in [0.05, 0.1) is 11.4 Å². The molecule has 1 unspecified atom stereocenters. The lowest BCUT2D eigenvalue weighted by molar-refractivity contribution is -0.161. The first-order chi connectivity index (χ1) is 18.4. The van der Waals surface area contributed by atoms with Crippen molar-refractivity contribution in [1.29, 1.82) is 0 Å². The van der Waals surface area contributed by atoms with Gasteiger partial charge in [0.15, 0.2) is 5.58 Å². The molecule has 0 saturated carbocycles. The summed E-state index contributed by atoms with van der Waals surface area (Å²) in [6.07, 6.45) is -0.180. The number of benzene rings is 2. The number of halogens is 2. The predicted octanol–water partition coefficient (Wildman–Crippen LogP) is 3.53. The Hall–Kier alpha value is -3.54. The molecule has 3 aromatic rings. The van der Waals surface area contributed by atoms with Crippen molar-refractivity contribution >= 4 is 75.3 Å². The maximum Gasteiger partial charge on any atom is 0.349 e. The predicted molar refractivity (Wildman–Crippen MR) is 146 cm³/mol. The summed E-state index contributed by atoms with van der Waals surface area (Å²) in [6, 6.07) is 8.93. The van der Waals surface area contributed by atoms with Crippen LogP contribution in [0, 0.1) is 0 Å². The van der Waals surface area contributed by atoms with E-state index in [-0.39, 0.29) is 28.3 Å². The molecule has 39 heavy (non-hydrogen) atoms. The summed E-state index contributed by atoms with van der Waals surface area (Å²) in [4.78, 5) is 64.1. The second kappa shape index (κ2) is 9.89. The zero-order chi connectivity index (χ0) is 28.2. The van der Waals surface area contributed by atoms with E-state index < -0.39 is 51.5 Å². The van der Waals surface area contributed by atoms with Crippen LogP contribution in [0.5, 0.6) is 0 Å². The average Bonchev–Trinajstić information content (AvgIpc) is 3.11. The molecule has 0 aliphatic carbocycles. The maximum atomic E-state index is 13.0. The molecule has 5 rings (SSSR count). The van der Waals surface area contributed by atoms with Crippen molar-refractivity contribution in [3.8, 4) is 0 Å².